The Kier molecular flexibility index (Phi) is 4.99. The van der Waals surface area contributed by atoms with E-state index in [0.717, 1.165) is 17.3 Å². The maximum atomic E-state index is 11.9. The first-order valence-electron chi connectivity index (χ1n) is 6.25. The van der Waals surface area contributed by atoms with Crippen molar-refractivity contribution in [2.45, 2.75) is 19.3 Å². The number of carbonyl (C=O) groups is 1. The predicted molar refractivity (Wildman–Crippen MR) is 78.2 cm³/mol. The number of nitrogens with one attached hydrogen (secondary N) is 1. The van der Waals surface area contributed by atoms with Gasteiger partial charge in [-0.3, -0.25) is 4.79 Å². The Morgan fingerprint density at radius 1 is 1.63 bits per heavy atom. The lowest BCUT2D eigenvalue weighted by molar-refractivity contribution is -0.136. The lowest BCUT2D eigenvalue weighted by atomic mass is 9.84. The summed E-state index contributed by atoms with van der Waals surface area (Å²) in [5.41, 5.74) is 0. The molecule has 0 atom stereocenters. The number of nitrogens with zero attached hydrogens (tertiary/aromatic N) is 3. The van der Waals surface area contributed by atoms with Crippen molar-refractivity contribution in [1.82, 2.24) is 14.9 Å². The zero-order chi connectivity index (χ0) is 13.8. The SMILES string of the molecule is CN(CCNc1nc(Cl)ncc1Br)C(=O)C1CCC1. The number of anilines is 1. The normalized spacial score (nSPS) is 14.9. The van der Waals surface area contributed by atoms with Crippen molar-refractivity contribution in [2.75, 3.05) is 25.5 Å². The number of likely N-dealkylation sites (N-methyl/N-ethyl adjacent to an activating group) is 1. The summed E-state index contributed by atoms with van der Waals surface area (Å²) < 4.78 is 0.755. The van der Waals surface area contributed by atoms with E-state index in [4.69, 9.17) is 11.6 Å². The van der Waals surface area contributed by atoms with Gasteiger partial charge < -0.3 is 10.2 Å². The summed E-state index contributed by atoms with van der Waals surface area (Å²) in [4.78, 5) is 21.6. The summed E-state index contributed by atoms with van der Waals surface area (Å²) >= 11 is 9.07. The van der Waals surface area contributed by atoms with Crippen LogP contribution in [-0.2, 0) is 4.79 Å². The molecule has 7 heteroatoms. The van der Waals surface area contributed by atoms with Gasteiger partial charge >= 0.3 is 0 Å². The zero-order valence-corrected chi connectivity index (χ0v) is 13.0. The van der Waals surface area contributed by atoms with Crippen LogP contribution in [0.25, 0.3) is 0 Å². The van der Waals surface area contributed by atoms with Crippen molar-refractivity contribution in [3.63, 3.8) is 0 Å². The number of hydrogen-bond acceptors (Lipinski definition) is 4. The van der Waals surface area contributed by atoms with Gasteiger partial charge in [-0.05, 0) is 40.4 Å². The van der Waals surface area contributed by atoms with Crippen molar-refractivity contribution >= 4 is 39.3 Å². The molecule has 1 heterocycles. The highest BCUT2D eigenvalue weighted by Crippen LogP contribution is 2.27. The smallest absolute Gasteiger partial charge is 0.225 e. The second kappa shape index (κ2) is 6.52. The zero-order valence-electron chi connectivity index (χ0n) is 10.7. The minimum atomic E-state index is 0.199. The van der Waals surface area contributed by atoms with Crippen LogP contribution in [-0.4, -0.2) is 40.9 Å². The molecule has 0 spiro atoms. The largest absolute Gasteiger partial charge is 0.367 e. The van der Waals surface area contributed by atoms with Gasteiger partial charge in [-0.25, -0.2) is 4.98 Å². The van der Waals surface area contributed by atoms with Crippen LogP contribution in [0.15, 0.2) is 10.7 Å². The molecule has 1 N–H and O–H groups in total. The monoisotopic (exact) mass is 346 g/mol. The van der Waals surface area contributed by atoms with E-state index in [1.54, 1.807) is 11.1 Å². The van der Waals surface area contributed by atoms with Crippen LogP contribution >= 0.6 is 27.5 Å². The molecule has 1 aromatic rings. The molecule has 0 bridgehead atoms. The minimum Gasteiger partial charge on any atom is -0.367 e. The molecule has 0 aliphatic heterocycles. The molecule has 2 rings (SSSR count). The fourth-order valence-corrected chi connectivity index (χ4v) is 2.35. The highest BCUT2D eigenvalue weighted by Gasteiger charge is 2.27. The molecule has 0 radical (unpaired) electrons. The van der Waals surface area contributed by atoms with Crippen LogP contribution in [0, 0.1) is 5.92 Å². The highest BCUT2D eigenvalue weighted by atomic mass is 79.9. The Morgan fingerprint density at radius 2 is 2.37 bits per heavy atom. The van der Waals surface area contributed by atoms with E-state index in [1.807, 2.05) is 7.05 Å². The van der Waals surface area contributed by atoms with Gasteiger partial charge in [0.1, 0.15) is 5.82 Å². The van der Waals surface area contributed by atoms with Gasteiger partial charge in [0, 0.05) is 32.3 Å². The van der Waals surface area contributed by atoms with Crippen LogP contribution < -0.4 is 5.32 Å². The molecule has 1 fully saturated rings. The van der Waals surface area contributed by atoms with Crippen molar-refractivity contribution in [3.8, 4) is 0 Å². The number of amides is 1. The fraction of sp³-hybridized carbons (Fsp3) is 0.583. The first-order chi connectivity index (χ1) is 9.08. The third kappa shape index (κ3) is 3.79. The van der Waals surface area contributed by atoms with Gasteiger partial charge in [0.2, 0.25) is 11.2 Å². The maximum absolute atomic E-state index is 11.9. The van der Waals surface area contributed by atoms with Gasteiger partial charge in [0.05, 0.1) is 4.47 Å². The van der Waals surface area contributed by atoms with E-state index >= 15 is 0 Å². The average molecular weight is 348 g/mol. The second-order valence-corrected chi connectivity index (χ2v) is 5.84. The van der Waals surface area contributed by atoms with E-state index in [-0.39, 0.29) is 17.1 Å². The number of carbonyl (C=O) groups excluding carboxylic acids is 1. The highest BCUT2D eigenvalue weighted by molar-refractivity contribution is 9.10. The molecule has 1 amide bonds. The van der Waals surface area contributed by atoms with E-state index in [2.05, 4.69) is 31.2 Å². The van der Waals surface area contributed by atoms with Crippen LogP contribution in [0.5, 0.6) is 0 Å². The Labute approximate surface area is 125 Å². The van der Waals surface area contributed by atoms with Crippen molar-refractivity contribution in [1.29, 1.82) is 0 Å². The van der Waals surface area contributed by atoms with E-state index in [1.165, 1.54) is 6.42 Å². The van der Waals surface area contributed by atoms with Crippen LogP contribution in [0.2, 0.25) is 5.28 Å². The molecule has 1 aliphatic carbocycles. The topological polar surface area (TPSA) is 58.1 Å². The quantitative estimate of drug-likeness (QED) is 0.832. The number of hydrogen-bond donors (Lipinski definition) is 1. The molecule has 0 saturated heterocycles. The maximum Gasteiger partial charge on any atom is 0.225 e. The lowest BCUT2D eigenvalue weighted by Gasteiger charge is -2.29. The Balaban J connectivity index is 1.79. The van der Waals surface area contributed by atoms with Crippen LogP contribution in [0.4, 0.5) is 5.82 Å². The summed E-state index contributed by atoms with van der Waals surface area (Å²) in [5, 5.41) is 3.34. The molecule has 0 unspecified atom stereocenters. The van der Waals surface area contributed by atoms with E-state index < -0.39 is 0 Å². The standard InChI is InChI=1S/C12H16BrClN4O/c1-18(11(19)8-3-2-4-8)6-5-15-10-9(13)7-16-12(14)17-10/h7-8H,2-6H2,1H3,(H,15,16,17). The summed E-state index contributed by atoms with van der Waals surface area (Å²) in [6.45, 7) is 1.27. The van der Waals surface area contributed by atoms with Gasteiger partial charge in [-0.1, -0.05) is 6.42 Å². The Hall–Kier alpha value is -0.880. The molecular weight excluding hydrogens is 332 g/mol. The summed E-state index contributed by atoms with van der Waals surface area (Å²) in [6, 6.07) is 0. The molecule has 104 valence electrons. The van der Waals surface area contributed by atoms with Crippen molar-refractivity contribution in [2.24, 2.45) is 5.92 Å². The van der Waals surface area contributed by atoms with E-state index in [0.29, 0.717) is 18.9 Å². The Morgan fingerprint density at radius 3 is 3.00 bits per heavy atom. The van der Waals surface area contributed by atoms with Gasteiger partial charge in [-0.15, -0.1) is 0 Å². The van der Waals surface area contributed by atoms with Crippen LogP contribution in [0.3, 0.4) is 0 Å². The molecule has 1 saturated carbocycles. The second-order valence-electron chi connectivity index (χ2n) is 4.65. The lowest BCUT2D eigenvalue weighted by Crippen LogP contribution is -2.38. The third-order valence-electron chi connectivity index (χ3n) is 3.29. The molecule has 0 aromatic carbocycles. The molecule has 5 nitrogen and oxygen atoms in total. The van der Waals surface area contributed by atoms with Gasteiger partial charge in [0.25, 0.3) is 0 Å². The summed E-state index contributed by atoms with van der Waals surface area (Å²) in [7, 11) is 1.84. The van der Waals surface area contributed by atoms with Gasteiger partial charge in [0.15, 0.2) is 0 Å². The van der Waals surface area contributed by atoms with Crippen molar-refractivity contribution in [3.05, 3.63) is 16.0 Å². The summed E-state index contributed by atoms with van der Waals surface area (Å²) in [6.07, 6.45) is 4.84. The Bertz CT molecular complexity index is 467. The first kappa shape index (κ1) is 14.5. The molecule has 19 heavy (non-hydrogen) atoms. The van der Waals surface area contributed by atoms with E-state index in [9.17, 15) is 4.79 Å². The number of halogens is 2. The first-order valence-corrected chi connectivity index (χ1v) is 7.42. The number of aromatic nitrogens is 2. The minimum absolute atomic E-state index is 0.199. The van der Waals surface area contributed by atoms with Gasteiger partial charge in [-0.2, -0.15) is 4.98 Å². The number of rotatable bonds is 5. The molecule has 1 aliphatic rings. The average Bonchev–Trinajstić information content (AvgIpc) is 2.31. The molecule has 1 aromatic heterocycles. The fourth-order valence-electron chi connectivity index (χ4n) is 1.89. The predicted octanol–water partition coefficient (Wildman–Crippen LogP) is 2.56. The molecular formula is C12H16BrClN4O. The summed E-state index contributed by atoms with van der Waals surface area (Å²) in [5.74, 6) is 1.13. The third-order valence-corrected chi connectivity index (χ3v) is 4.05. The van der Waals surface area contributed by atoms with Crippen LogP contribution in [0.1, 0.15) is 19.3 Å². The van der Waals surface area contributed by atoms with Crippen molar-refractivity contribution < 1.29 is 4.79 Å².